The standard InChI is InChI=1S/C29H29N5O4S/c1-37-21-10-9-20(24(16-21)38-2)17-34-25(11-8-19-6-4-3-5-7-19)33-26-22(28(34)36)12-13-30-27(26)23-18-39-29(32-23)31-14-15-35/h3-7,9-10,12-13,16,18,35H,8,11,14-15,17H2,1-2H3,(H,31,32). The maximum absolute atomic E-state index is 14.0. The number of anilines is 1. The van der Waals surface area contributed by atoms with E-state index in [0.29, 0.717) is 64.3 Å². The van der Waals surface area contributed by atoms with Gasteiger partial charge >= 0.3 is 0 Å². The molecule has 0 fully saturated rings. The van der Waals surface area contributed by atoms with Crippen molar-refractivity contribution in [2.75, 3.05) is 32.7 Å². The van der Waals surface area contributed by atoms with E-state index in [0.717, 1.165) is 17.5 Å². The number of nitrogens with one attached hydrogen (secondary N) is 1. The Kier molecular flexibility index (Phi) is 8.14. The van der Waals surface area contributed by atoms with Gasteiger partial charge in [0, 0.05) is 36.2 Å². The topological polar surface area (TPSA) is 111 Å². The predicted octanol–water partition coefficient (Wildman–Crippen LogP) is 4.17. The van der Waals surface area contributed by atoms with E-state index in [1.807, 2.05) is 41.8 Å². The van der Waals surface area contributed by atoms with Crippen LogP contribution in [0.4, 0.5) is 5.13 Å². The third kappa shape index (κ3) is 5.76. The summed E-state index contributed by atoms with van der Waals surface area (Å²) in [4.78, 5) is 28.2. The highest BCUT2D eigenvalue weighted by atomic mass is 32.1. The Morgan fingerprint density at radius 3 is 2.64 bits per heavy atom. The highest BCUT2D eigenvalue weighted by molar-refractivity contribution is 7.14. The number of aliphatic hydroxyl groups is 1. The average Bonchev–Trinajstić information content (AvgIpc) is 3.45. The predicted molar refractivity (Wildman–Crippen MR) is 153 cm³/mol. The molecule has 5 aromatic rings. The zero-order valence-corrected chi connectivity index (χ0v) is 22.6. The van der Waals surface area contributed by atoms with Gasteiger partial charge < -0.3 is 19.9 Å². The van der Waals surface area contributed by atoms with Gasteiger partial charge in [-0.15, -0.1) is 11.3 Å². The molecule has 200 valence electrons. The smallest absolute Gasteiger partial charge is 0.261 e. The Morgan fingerprint density at radius 1 is 1.03 bits per heavy atom. The normalized spacial score (nSPS) is 11.1. The van der Waals surface area contributed by atoms with E-state index in [-0.39, 0.29) is 12.2 Å². The van der Waals surface area contributed by atoms with E-state index in [4.69, 9.17) is 19.6 Å². The van der Waals surface area contributed by atoms with E-state index < -0.39 is 0 Å². The van der Waals surface area contributed by atoms with Crippen molar-refractivity contribution in [3.05, 3.63) is 93.5 Å². The minimum atomic E-state index is -0.154. The van der Waals surface area contributed by atoms with E-state index in [2.05, 4.69) is 27.4 Å². The number of aryl methyl sites for hydroxylation is 2. The fourth-order valence-electron chi connectivity index (χ4n) is 4.41. The molecule has 0 unspecified atom stereocenters. The van der Waals surface area contributed by atoms with Crippen LogP contribution in [0.3, 0.4) is 0 Å². The van der Waals surface area contributed by atoms with Crippen LogP contribution in [0.5, 0.6) is 11.5 Å². The molecular formula is C29H29N5O4S. The van der Waals surface area contributed by atoms with Crippen LogP contribution < -0.4 is 20.3 Å². The first-order valence-corrected chi connectivity index (χ1v) is 13.4. The lowest BCUT2D eigenvalue weighted by Crippen LogP contribution is -2.27. The maximum Gasteiger partial charge on any atom is 0.261 e. The molecule has 3 aromatic heterocycles. The summed E-state index contributed by atoms with van der Waals surface area (Å²) in [5.74, 6) is 1.96. The largest absolute Gasteiger partial charge is 0.497 e. The number of fused-ring (bicyclic) bond motifs is 1. The monoisotopic (exact) mass is 543 g/mol. The van der Waals surface area contributed by atoms with E-state index in [1.165, 1.54) is 11.3 Å². The van der Waals surface area contributed by atoms with Gasteiger partial charge in [0.1, 0.15) is 34.2 Å². The van der Waals surface area contributed by atoms with Crippen LogP contribution in [0, 0.1) is 0 Å². The van der Waals surface area contributed by atoms with Crippen LogP contribution in [0.15, 0.2) is 71.0 Å². The molecule has 0 aliphatic heterocycles. The molecule has 3 heterocycles. The molecule has 0 bridgehead atoms. The number of pyridine rings is 1. The maximum atomic E-state index is 14.0. The summed E-state index contributed by atoms with van der Waals surface area (Å²) in [5.41, 5.74) is 3.54. The molecule has 2 aromatic carbocycles. The molecule has 10 heteroatoms. The summed E-state index contributed by atoms with van der Waals surface area (Å²) < 4.78 is 12.7. The fraction of sp³-hybridized carbons (Fsp3) is 0.241. The molecule has 0 spiro atoms. The molecule has 0 amide bonds. The van der Waals surface area contributed by atoms with Gasteiger partial charge in [-0.1, -0.05) is 30.3 Å². The molecule has 9 nitrogen and oxygen atoms in total. The number of aliphatic hydroxyl groups excluding tert-OH is 1. The minimum absolute atomic E-state index is 0.00623. The molecule has 2 N–H and O–H groups in total. The molecule has 39 heavy (non-hydrogen) atoms. The number of benzene rings is 2. The van der Waals surface area contributed by atoms with E-state index >= 15 is 0 Å². The van der Waals surface area contributed by atoms with Gasteiger partial charge in [-0.3, -0.25) is 14.3 Å². The highest BCUT2D eigenvalue weighted by Gasteiger charge is 2.19. The van der Waals surface area contributed by atoms with Crippen molar-refractivity contribution in [1.29, 1.82) is 0 Å². The molecule has 0 radical (unpaired) electrons. The van der Waals surface area contributed by atoms with Gasteiger partial charge in [-0.05, 0) is 30.2 Å². The van der Waals surface area contributed by atoms with Crippen molar-refractivity contribution in [3.8, 4) is 22.9 Å². The minimum Gasteiger partial charge on any atom is -0.497 e. The first kappa shape index (κ1) is 26.3. The SMILES string of the molecule is COc1ccc(Cn2c(CCc3ccccc3)nc3c(-c4csc(NCCO)n4)nccc3c2=O)c(OC)c1. The van der Waals surface area contributed by atoms with Crippen molar-refractivity contribution < 1.29 is 14.6 Å². The Hall–Kier alpha value is -4.28. The van der Waals surface area contributed by atoms with Crippen LogP contribution >= 0.6 is 11.3 Å². The number of nitrogens with zero attached hydrogens (tertiary/aromatic N) is 4. The van der Waals surface area contributed by atoms with Crippen LogP contribution in [0.1, 0.15) is 17.0 Å². The first-order valence-electron chi connectivity index (χ1n) is 12.5. The fourth-order valence-corrected chi connectivity index (χ4v) is 5.14. The third-order valence-corrected chi connectivity index (χ3v) is 7.19. The molecule has 0 atom stereocenters. The number of hydrogen-bond acceptors (Lipinski definition) is 9. The molecule has 0 aliphatic carbocycles. The van der Waals surface area contributed by atoms with Crippen LogP contribution in [0.25, 0.3) is 22.3 Å². The lowest BCUT2D eigenvalue weighted by Gasteiger charge is -2.17. The van der Waals surface area contributed by atoms with E-state index in [1.54, 1.807) is 31.0 Å². The summed E-state index contributed by atoms with van der Waals surface area (Å²) in [5, 5.41) is 15.2. The Labute approximate surface area is 229 Å². The van der Waals surface area contributed by atoms with Crippen LogP contribution in [-0.4, -0.2) is 52.0 Å². The quantitative estimate of drug-likeness (QED) is 0.255. The van der Waals surface area contributed by atoms with Crippen molar-refractivity contribution in [2.45, 2.75) is 19.4 Å². The molecular weight excluding hydrogens is 514 g/mol. The number of aromatic nitrogens is 4. The van der Waals surface area contributed by atoms with E-state index in [9.17, 15) is 4.79 Å². The Morgan fingerprint density at radius 2 is 1.87 bits per heavy atom. The lowest BCUT2D eigenvalue weighted by molar-refractivity contribution is 0.311. The lowest BCUT2D eigenvalue weighted by atomic mass is 10.1. The third-order valence-electron chi connectivity index (χ3n) is 6.39. The zero-order valence-electron chi connectivity index (χ0n) is 21.8. The second-order valence-electron chi connectivity index (χ2n) is 8.83. The molecule has 0 saturated carbocycles. The number of ether oxygens (including phenoxy) is 2. The Bertz CT molecular complexity index is 1630. The Balaban J connectivity index is 1.62. The molecule has 0 aliphatic rings. The summed E-state index contributed by atoms with van der Waals surface area (Å²) >= 11 is 1.41. The van der Waals surface area contributed by atoms with Gasteiger partial charge in [0.2, 0.25) is 0 Å². The second-order valence-corrected chi connectivity index (χ2v) is 9.68. The van der Waals surface area contributed by atoms with Crippen LogP contribution in [-0.2, 0) is 19.4 Å². The van der Waals surface area contributed by atoms with Crippen molar-refractivity contribution >= 4 is 27.4 Å². The summed E-state index contributed by atoms with van der Waals surface area (Å²) in [6.07, 6.45) is 2.89. The number of rotatable bonds is 11. The summed E-state index contributed by atoms with van der Waals surface area (Å²) in [7, 11) is 3.21. The molecule has 0 saturated heterocycles. The first-order chi connectivity index (χ1) is 19.1. The van der Waals surface area contributed by atoms with Gasteiger partial charge in [0.05, 0.1) is 32.8 Å². The van der Waals surface area contributed by atoms with Crippen molar-refractivity contribution in [1.82, 2.24) is 19.5 Å². The number of methoxy groups -OCH3 is 2. The van der Waals surface area contributed by atoms with Gasteiger partial charge in [-0.25, -0.2) is 9.97 Å². The molecule has 5 rings (SSSR count). The van der Waals surface area contributed by atoms with Gasteiger partial charge in [0.15, 0.2) is 5.13 Å². The van der Waals surface area contributed by atoms with Crippen molar-refractivity contribution in [2.24, 2.45) is 0 Å². The summed E-state index contributed by atoms with van der Waals surface area (Å²) in [6, 6.07) is 17.4. The van der Waals surface area contributed by atoms with Gasteiger partial charge in [0.25, 0.3) is 5.56 Å². The summed E-state index contributed by atoms with van der Waals surface area (Å²) in [6.45, 7) is 0.701. The second kappa shape index (κ2) is 12.1. The van der Waals surface area contributed by atoms with Crippen LogP contribution in [0.2, 0.25) is 0 Å². The average molecular weight is 544 g/mol. The highest BCUT2D eigenvalue weighted by Crippen LogP contribution is 2.29. The number of thiazole rings is 1. The van der Waals surface area contributed by atoms with Crippen molar-refractivity contribution in [3.63, 3.8) is 0 Å². The number of hydrogen-bond donors (Lipinski definition) is 2. The van der Waals surface area contributed by atoms with Gasteiger partial charge in [-0.2, -0.15) is 0 Å². The zero-order chi connectivity index (χ0) is 27.2.